The number of nitrogens with zero attached hydrogens (tertiary/aromatic N) is 2. The SMILES string of the molecule is CCn1c(C)[n+](CC(O)COc2ccc(F)cc2)c2ccccc21.[I-]. The van der Waals surface area contributed by atoms with Crippen molar-refractivity contribution in [1.29, 1.82) is 0 Å². The topological polar surface area (TPSA) is 38.3 Å². The predicted molar refractivity (Wildman–Crippen MR) is 90.4 cm³/mol. The lowest BCUT2D eigenvalue weighted by Gasteiger charge is -2.11. The van der Waals surface area contributed by atoms with E-state index < -0.39 is 6.10 Å². The molecule has 3 aromatic rings. The van der Waals surface area contributed by atoms with E-state index in [0.29, 0.717) is 12.3 Å². The molecule has 0 aliphatic rings. The lowest BCUT2D eigenvalue weighted by molar-refractivity contribution is -0.685. The van der Waals surface area contributed by atoms with Gasteiger partial charge in [-0.25, -0.2) is 13.5 Å². The van der Waals surface area contributed by atoms with Gasteiger partial charge in [0.05, 0.1) is 6.54 Å². The smallest absolute Gasteiger partial charge is 0.254 e. The number of fused-ring (bicyclic) bond motifs is 1. The Morgan fingerprint density at radius 1 is 1.16 bits per heavy atom. The number of aliphatic hydroxyl groups excluding tert-OH is 1. The number of aryl methyl sites for hydroxylation is 1. The zero-order chi connectivity index (χ0) is 17.1. The molecule has 134 valence electrons. The van der Waals surface area contributed by atoms with Gasteiger partial charge in [-0.2, -0.15) is 0 Å². The summed E-state index contributed by atoms with van der Waals surface area (Å²) < 4.78 is 22.8. The van der Waals surface area contributed by atoms with Crippen molar-refractivity contribution in [2.24, 2.45) is 0 Å². The van der Waals surface area contributed by atoms with Crippen LogP contribution in [0.5, 0.6) is 5.75 Å². The third-order valence-corrected chi connectivity index (χ3v) is 4.21. The molecule has 0 saturated carbocycles. The Bertz CT molecular complexity index is 833. The van der Waals surface area contributed by atoms with Crippen molar-refractivity contribution >= 4 is 11.0 Å². The van der Waals surface area contributed by atoms with Crippen LogP contribution in [0.15, 0.2) is 48.5 Å². The van der Waals surface area contributed by atoms with E-state index in [9.17, 15) is 9.50 Å². The number of para-hydroxylation sites is 2. The van der Waals surface area contributed by atoms with Crippen LogP contribution in [0.4, 0.5) is 4.39 Å². The summed E-state index contributed by atoms with van der Waals surface area (Å²) in [6, 6.07) is 14.0. The summed E-state index contributed by atoms with van der Waals surface area (Å²) in [7, 11) is 0. The summed E-state index contributed by atoms with van der Waals surface area (Å²) >= 11 is 0. The molecule has 3 rings (SSSR count). The molecular weight excluding hydrogens is 434 g/mol. The summed E-state index contributed by atoms with van der Waals surface area (Å²) in [4.78, 5) is 0. The maximum Gasteiger partial charge on any atom is 0.254 e. The molecule has 0 spiro atoms. The van der Waals surface area contributed by atoms with Crippen LogP contribution in [0.1, 0.15) is 12.7 Å². The van der Waals surface area contributed by atoms with Crippen molar-refractivity contribution in [3.63, 3.8) is 0 Å². The first-order chi connectivity index (χ1) is 11.6. The normalized spacial score (nSPS) is 12.0. The van der Waals surface area contributed by atoms with Gasteiger partial charge in [-0.15, -0.1) is 0 Å². The van der Waals surface area contributed by atoms with Crippen LogP contribution in [-0.2, 0) is 13.1 Å². The second-order valence-electron chi connectivity index (χ2n) is 5.81. The molecule has 1 unspecified atom stereocenters. The highest BCUT2D eigenvalue weighted by Crippen LogP contribution is 2.15. The van der Waals surface area contributed by atoms with Crippen molar-refractivity contribution in [3.05, 3.63) is 60.2 Å². The second-order valence-corrected chi connectivity index (χ2v) is 5.81. The van der Waals surface area contributed by atoms with Crippen molar-refractivity contribution in [2.75, 3.05) is 6.61 Å². The average molecular weight is 456 g/mol. The average Bonchev–Trinajstić information content (AvgIpc) is 2.86. The van der Waals surface area contributed by atoms with Crippen molar-refractivity contribution < 1.29 is 42.8 Å². The molecule has 0 aliphatic heterocycles. The van der Waals surface area contributed by atoms with E-state index in [0.717, 1.165) is 23.4 Å². The number of rotatable bonds is 6. The Morgan fingerprint density at radius 2 is 1.84 bits per heavy atom. The van der Waals surface area contributed by atoms with Gasteiger partial charge in [-0.05, 0) is 43.3 Å². The number of aliphatic hydroxyl groups is 1. The molecule has 4 nitrogen and oxygen atoms in total. The largest absolute Gasteiger partial charge is 1.00 e. The standard InChI is InChI=1S/C19H22FN2O2.HI/c1-3-21-14(2)22(19-7-5-4-6-18(19)21)12-16(23)13-24-17-10-8-15(20)9-11-17;/h4-11,16,23H,3,12-13H2,1-2H3;1H/q+1;/p-1. The number of ether oxygens (including phenoxy) is 1. The number of hydrogen-bond donors (Lipinski definition) is 1. The van der Waals surface area contributed by atoms with Crippen LogP contribution in [0.25, 0.3) is 11.0 Å². The fourth-order valence-electron chi connectivity index (χ4n) is 3.03. The van der Waals surface area contributed by atoms with Gasteiger partial charge in [0.15, 0.2) is 11.0 Å². The number of aromatic nitrogens is 2. The van der Waals surface area contributed by atoms with Crippen LogP contribution in [0.2, 0.25) is 0 Å². The van der Waals surface area contributed by atoms with E-state index in [-0.39, 0.29) is 36.4 Å². The number of imidazole rings is 1. The molecule has 1 aromatic heterocycles. The molecule has 6 heteroatoms. The Balaban J connectivity index is 0.00000225. The first-order valence-corrected chi connectivity index (χ1v) is 8.14. The zero-order valence-electron chi connectivity index (χ0n) is 14.3. The first kappa shape index (κ1) is 19.7. The number of halogens is 2. The van der Waals surface area contributed by atoms with E-state index in [2.05, 4.69) is 35.1 Å². The molecular formula is C19H22FIN2O2. The second kappa shape index (κ2) is 8.62. The van der Waals surface area contributed by atoms with Crippen molar-refractivity contribution in [2.45, 2.75) is 33.0 Å². The fraction of sp³-hybridized carbons (Fsp3) is 0.316. The molecule has 0 radical (unpaired) electrons. The van der Waals surface area contributed by atoms with E-state index in [1.807, 2.05) is 12.1 Å². The Labute approximate surface area is 163 Å². The minimum atomic E-state index is -0.658. The predicted octanol–water partition coefficient (Wildman–Crippen LogP) is -0.160. The van der Waals surface area contributed by atoms with E-state index in [1.165, 1.54) is 12.1 Å². The van der Waals surface area contributed by atoms with Gasteiger partial charge < -0.3 is 33.8 Å². The molecule has 25 heavy (non-hydrogen) atoms. The molecule has 0 fully saturated rings. The van der Waals surface area contributed by atoms with Crippen LogP contribution < -0.4 is 33.3 Å². The summed E-state index contributed by atoms with van der Waals surface area (Å²) in [6.07, 6.45) is -0.658. The Morgan fingerprint density at radius 3 is 2.52 bits per heavy atom. The molecule has 0 bridgehead atoms. The summed E-state index contributed by atoms with van der Waals surface area (Å²) in [5, 5.41) is 10.4. The molecule has 0 amide bonds. The lowest BCUT2D eigenvalue weighted by atomic mass is 10.3. The monoisotopic (exact) mass is 456 g/mol. The number of hydrogen-bond acceptors (Lipinski definition) is 2. The van der Waals surface area contributed by atoms with Crippen molar-refractivity contribution in [1.82, 2.24) is 4.57 Å². The maximum atomic E-state index is 12.9. The minimum Gasteiger partial charge on any atom is -1.00 e. The van der Waals surface area contributed by atoms with Gasteiger partial charge >= 0.3 is 0 Å². The molecule has 1 heterocycles. The van der Waals surface area contributed by atoms with Crippen LogP contribution in [0.3, 0.4) is 0 Å². The van der Waals surface area contributed by atoms with Gasteiger partial charge in [0.2, 0.25) is 0 Å². The lowest BCUT2D eigenvalue weighted by Crippen LogP contribution is -3.00. The van der Waals surface area contributed by atoms with E-state index in [4.69, 9.17) is 4.74 Å². The molecule has 2 aromatic carbocycles. The molecule has 1 atom stereocenters. The van der Waals surface area contributed by atoms with Gasteiger partial charge in [-0.1, -0.05) is 12.1 Å². The number of benzene rings is 2. The fourth-order valence-corrected chi connectivity index (χ4v) is 3.03. The van der Waals surface area contributed by atoms with E-state index >= 15 is 0 Å². The highest BCUT2D eigenvalue weighted by Gasteiger charge is 2.22. The maximum absolute atomic E-state index is 12.9. The molecule has 0 saturated heterocycles. The highest BCUT2D eigenvalue weighted by molar-refractivity contribution is 5.72. The van der Waals surface area contributed by atoms with Crippen molar-refractivity contribution in [3.8, 4) is 5.75 Å². The van der Waals surface area contributed by atoms with Gasteiger partial charge in [0, 0.05) is 6.92 Å². The van der Waals surface area contributed by atoms with Crippen LogP contribution >= 0.6 is 0 Å². The van der Waals surface area contributed by atoms with Crippen LogP contribution in [-0.4, -0.2) is 22.4 Å². The Hall–Kier alpha value is -1.67. The Kier molecular flexibility index (Phi) is 6.78. The van der Waals surface area contributed by atoms with Gasteiger partial charge in [0.25, 0.3) is 5.82 Å². The summed E-state index contributed by atoms with van der Waals surface area (Å²) in [5.41, 5.74) is 2.25. The van der Waals surface area contributed by atoms with Gasteiger partial charge in [-0.3, -0.25) is 0 Å². The van der Waals surface area contributed by atoms with Crippen LogP contribution in [0, 0.1) is 12.7 Å². The quantitative estimate of drug-likeness (QED) is 0.414. The highest BCUT2D eigenvalue weighted by atomic mass is 127. The minimum absolute atomic E-state index is 0. The summed E-state index contributed by atoms with van der Waals surface area (Å²) in [6.45, 7) is 5.64. The third-order valence-electron chi connectivity index (χ3n) is 4.21. The zero-order valence-corrected chi connectivity index (χ0v) is 16.5. The summed E-state index contributed by atoms with van der Waals surface area (Å²) in [5.74, 6) is 1.34. The van der Waals surface area contributed by atoms with Gasteiger partial charge in [0.1, 0.15) is 30.8 Å². The molecule has 1 N–H and O–H groups in total. The first-order valence-electron chi connectivity index (χ1n) is 8.14. The van der Waals surface area contributed by atoms with E-state index in [1.54, 1.807) is 12.1 Å². The molecule has 0 aliphatic carbocycles. The third kappa shape index (κ3) is 4.30.